The molecule has 0 atom stereocenters. The molecule has 0 saturated carbocycles. The minimum Gasteiger partial charge on any atom is -0.320 e. The largest absolute Gasteiger partial charge is 0.324 e. The molecule has 33 heavy (non-hydrogen) atoms. The lowest BCUT2D eigenvalue weighted by atomic mass is 10.1. The summed E-state index contributed by atoms with van der Waals surface area (Å²) in [5, 5.41) is 0. The van der Waals surface area contributed by atoms with Gasteiger partial charge in [0.25, 0.3) is 10.0 Å². The van der Waals surface area contributed by atoms with E-state index < -0.39 is 33.5 Å². The lowest BCUT2D eigenvalue weighted by Gasteiger charge is -2.36. The third kappa shape index (κ3) is 5.11. The van der Waals surface area contributed by atoms with E-state index in [0.717, 1.165) is 30.3 Å². The van der Waals surface area contributed by atoms with Gasteiger partial charge in [-0.15, -0.1) is 0 Å². The Balaban J connectivity index is 1.59. The molecule has 1 saturated heterocycles. The van der Waals surface area contributed by atoms with Crippen LogP contribution in [0, 0.1) is 17.5 Å². The SMILES string of the molecule is O=C1N(Cc2cc(F)cc(F)c2)CCCN1c1ccccc1NS(=O)(=O)c1ccc(F)cc1. The number of para-hydroxylation sites is 2. The van der Waals surface area contributed by atoms with Crippen LogP contribution in [0.5, 0.6) is 0 Å². The van der Waals surface area contributed by atoms with Gasteiger partial charge in [0, 0.05) is 25.7 Å². The van der Waals surface area contributed by atoms with Gasteiger partial charge in [-0.1, -0.05) is 12.1 Å². The van der Waals surface area contributed by atoms with Crippen LogP contribution in [0.4, 0.5) is 29.3 Å². The van der Waals surface area contributed by atoms with Crippen molar-refractivity contribution in [1.82, 2.24) is 4.90 Å². The molecule has 6 nitrogen and oxygen atoms in total. The lowest BCUT2D eigenvalue weighted by molar-refractivity contribution is 0.192. The van der Waals surface area contributed by atoms with Crippen molar-refractivity contribution in [3.8, 4) is 0 Å². The molecule has 0 aromatic heterocycles. The maximum atomic E-state index is 13.6. The highest BCUT2D eigenvalue weighted by molar-refractivity contribution is 7.92. The molecule has 3 aromatic carbocycles. The molecular weight excluding hydrogens is 455 g/mol. The quantitative estimate of drug-likeness (QED) is 0.560. The highest BCUT2D eigenvalue weighted by Crippen LogP contribution is 2.31. The fourth-order valence-electron chi connectivity index (χ4n) is 3.69. The summed E-state index contributed by atoms with van der Waals surface area (Å²) in [6.45, 7) is 0.729. The molecule has 1 fully saturated rings. The summed E-state index contributed by atoms with van der Waals surface area (Å²) in [5.74, 6) is -2.02. The molecule has 10 heteroatoms. The molecular formula is C23H20F3N3O3S. The number of benzene rings is 3. The van der Waals surface area contributed by atoms with Crippen LogP contribution in [0.15, 0.2) is 71.6 Å². The van der Waals surface area contributed by atoms with Gasteiger partial charge in [0.2, 0.25) is 0 Å². The first-order valence-electron chi connectivity index (χ1n) is 10.1. The molecule has 1 N–H and O–H groups in total. The van der Waals surface area contributed by atoms with Crippen molar-refractivity contribution in [2.24, 2.45) is 0 Å². The highest BCUT2D eigenvalue weighted by atomic mass is 32.2. The molecule has 0 spiro atoms. The molecule has 2 amide bonds. The zero-order valence-electron chi connectivity index (χ0n) is 17.3. The Morgan fingerprint density at radius 1 is 0.848 bits per heavy atom. The van der Waals surface area contributed by atoms with Crippen LogP contribution >= 0.6 is 0 Å². The van der Waals surface area contributed by atoms with E-state index in [9.17, 15) is 26.4 Å². The molecule has 172 valence electrons. The van der Waals surface area contributed by atoms with Crippen molar-refractivity contribution < 1.29 is 26.4 Å². The summed E-state index contributed by atoms with van der Waals surface area (Å²) in [4.78, 5) is 15.9. The first-order chi connectivity index (χ1) is 15.7. The molecule has 1 aliphatic rings. The van der Waals surface area contributed by atoms with Crippen molar-refractivity contribution in [1.29, 1.82) is 0 Å². The van der Waals surface area contributed by atoms with Crippen molar-refractivity contribution in [3.63, 3.8) is 0 Å². The number of nitrogens with zero attached hydrogens (tertiary/aromatic N) is 2. The first kappa shape index (κ1) is 22.7. The van der Waals surface area contributed by atoms with E-state index >= 15 is 0 Å². The summed E-state index contributed by atoms with van der Waals surface area (Å²) in [6, 6.07) is 13.5. The number of hydrogen-bond acceptors (Lipinski definition) is 3. The second kappa shape index (κ2) is 9.14. The van der Waals surface area contributed by atoms with Crippen LogP contribution in [-0.2, 0) is 16.6 Å². The van der Waals surface area contributed by atoms with Crippen molar-refractivity contribution >= 4 is 27.4 Å². The Morgan fingerprint density at radius 2 is 1.52 bits per heavy atom. The fraction of sp³-hybridized carbons (Fsp3) is 0.174. The molecule has 1 heterocycles. The predicted molar refractivity (Wildman–Crippen MR) is 118 cm³/mol. The van der Waals surface area contributed by atoms with Gasteiger partial charge in [-0.3, -0.25) is 9.62 Å². The average molecular weight is 475 g/mol. The molecule has 3 aromatic rings. The summed E-state index contributed by atoms with van der Waals surface area (Å²) >= 11 is 0. The Labute approximate surface area is 189 Å². The Hall–Kier alpha value is -3.53. The summed E-state index contributed by atoms with van der Waals surface area (Å²) < 4.78 is 68.3. The van der Waals surface area contributed by atoms with Gasteiger partial charge in [0.1, 0.15) is 17.5 Å². The van der Waals surface area contributed by atoms with Crippen LogP contribution in [0.25, 0.3) is 0 Å². The Bertz CT molecular complexity index is 1260. The minimum atomic E-state index is -4.03. The fourth-order valence-corrected chi connectivity index (χ4v) is 4.76. The van der Waals surface area contributed by atoms with Gasteiger partial charge in [-0.2, -0.15) is 0 Å². The number of halogens is 3. The average Bonchev–Trinajstić information content (AvgIpc) is 2.75. The second-order valence-electron chi connectivity index (χ2n) is 7.56. The zero-order chi connectivity index (χ0) is 23.6. The van der Waals surface area contributed by atoms with E-state index in [2.05, 4.69) is 4.72 Å². The van der Waals surface area contributed by atoms with Gasteiger partial charge < -0.3 is 4.90 Å². The van der Waals surface area contributed by atoms with Gasteiger partial charge in [-0.05, 0) is 60.5 Å². The van der Waals surface area contributed by atoms with E-state index in [0.29, 0.717) is 30.8 Å². The van der Waals surface area contributed by atoms with E-state index in [-0.39, 0.29) is 17.1 Å². The van der Waals surface area contributed by atoms with E-state index in [1.54, 1.807) is 18.2 Å². The van der Waals surface area contributed by atoms with Gasteiger partial charge in [0.15, 0.2) is 0 Å². The zero-order valence-corrected chi connectivity index (χ0v) is 18.2. The van der Waals surface area contributed by atoms with E-state index in [1.165, 1.54) is 28.0 Å². The summed E-state index contributed by atoms with van der Waals surface area (Å²) in [6.07, 6.45) is 0.572. The Morgan fingerprint density at radius 3 is 2.21 bits per heavy atom. The highest BCUT2D eigenvalue weighted by Gasteiger charge is 2.29. The maximum Gasteiger partial charge on any atom is 0.324 e. The number of carbonyl (C=O) groups excluding carboxylic acids is 1. The van der Waals surface area contributed by atoms with Crippen LogP contribution in [-0.4, -0.2) is 32.4 Å². The topological polar surface area (TPSA) is 69.7 Å². The van der Waals surface area contributed by atoms with Crippen LogP contribution < -0.4 is 9.62 Å². The van der Waals surface area contributed by atoms with Gasteiger partial charge >= 0.3 is 6.03 Å². The standard InChI is InChI=1S/C23H20F3N3O3S/c24-17-6-8-20(9-7-17)33(31,32)27-21-4-1-2-5-22(21)29-11-3-10-28(23(29)30)15-16-12-18(25)14-19(26)13-16/h1-2,4-9,12-14,27H,3,10-11,15H2. The van der Waals surface area contributed by atoms with E-state index in [1.807, 2.05) is 0 Å². The minimum absolute atomic E-state index is 0.00743. The number of urea groups is 1. The molecule has 0 radical (unpaired) electrons. The number of hydrogen-bond donors (Lipinski definition) is 1. The van der Waals surface area contributed by atoms with Crippen molar-refractivity contribution in [3.05, 3.63) is 89.7 Å². The van der Waals surface area contributed by atoms with Crippen LogP contribution in [0.3, 0.4) is 0 Å². The van der Waals surface area contributed by atoms with Crippen LogP contribution in [0.1, 0.15) is 12.0 Å². The molecule has 0 bridgehead atoms. The van der Waals surface area contributed by atoms with Crippen LogP contribution in [0.2, 0.25) is 0 Å². The smallest absolute Gasteiger partial charge is 0.320 e. The third-order valence-electron chi connectivity index (χ3n) is 5.17. The maximum absolute atomic E-state index is 13.6. The van der Waals surface area contributed by atoms with E-state index in [4.69, 9.17) is 0 Å². The summed E-state index contributed by atoms with van der Waals surface area (Å²) in [7, 11) is -4.03. The normalized spacial score (nSPS) is 14.5. The first-order valence-corrected chi connectivity index (χ1v) is 11.6. The number of nitrogens with one attached hydrogen (secondary N) is 1. The molecule has 0 aliphatic carbocycles. The van der Waals surface area contributed by atoms with Gasteiger partial charge in [0.05, 0.1) is 16.3 Å². The third-order valence-corrected chi connectivity index (χ3v) is 6.55. The number of anilines is 2. The predicted octanol–water partition coefficient (Wildman–Crippen LogP) is 4.74. The lowest BCUT2D eigenvalue weighted by Crippen LogP contribution is -2.49. The number of amides is 2. The number of sulfonamides is 1. The number of carbonyl (C=O) groups is 1. The molecule has 4 rings (SSSR count). The monoisotopic (exact) mass is 475 g/mol. The molecule has 1 aliphatic heterocycles. The van der Waals surface area contributed by atoms with Gasteiger partial charge in [-0.25, -0.2) is 26.4 Å². The molecule has 0 unspecified atom stereocenters. The van der Waals surface area contributed by atoms with Crippen molar-refractivity contribution in [2.45, 2.75) is 17.9 Å². The summed E-state index contributed by atoms with van der Waals surface area (Å²) in [5.41, 5.74) is 0.824. The van der Waals surface area contributed by atoms with Crippen molar-refractivity contribution in [2.75, 3.05) is 22.7 Å². The number of rotatable bonds is 6. The second-order valence-corrected chi connectivity index (χ2v) is 9.25. The Kier molecular flexibility index (Phi) is 6.28.